The van der Waals surface area contributed by atoms with E-state index in [1.165, 1.54) is 49.6 Å². The van der Waals surface area contributed by atoms with Gasteiger partial charge in [0.1, 0.15) is 6.10 Å². The summed E-state index contributed by atoms with van der Waals surface area (Å²) in [5.74, 6) is 4.04. The number of aliphatic hydroxyl groups excluding tert-OH is 1. The Balaban J connectivity index is 0.000000217. The summed E-state index contributed by atoms with van der Waals surface area (Å²) in [6, 6.07) is 4.38. The molecule has 66 heavy (non-hydrogen) atoms. The Bertz CT molecular complexity index is 2360. The van der Waals surface area contributed by atoms with Gasteiger partial charge in [-0.3, -0.25) is 9.59 Å². The largest absolute Gasteiger partial charge is 0.493 e. The highest BCUT2D eigenvalue weighted by molar-refractivity contribution is 6.00. The molecule has 6 rings (SSSR count). The summed E-state index contributed by atoms with van der Waals surface area (Å²) in [6.45, 7) is 1.35. The van der Waals surface area contributed by atoms with Crippen LogP contribution in [0.5, 0.6) is 51.7 Å². The number of ether oxygens (including phenoxy) is 10. The van der Waals surface area contributed by atoms with Gasteiger partial charge in [-0.05, 0) is 91.7 Å². The van der Waals surface area contributed by atoms with E-state index in [-0.39, 0.29) is 30.3 Å². The number of methoxy groups -OCH3 is 9. The van der Waals surface area contributed by atoms with Crippen LogP contribution >= 0.6 is 0 Å². The summed E-state index contributed by atoms with van der Waals surface area (Å²) in [5, 5.41) is 21.6. The van der Waals surface area contributed by atoms with Gasteiger partial charge in [0.2, 0.25) is 17.2 Å². The molecule has 3 aromatic carbocycles. The van der Waals surface area contributed by atoms with E-state index in [0.717, 1.165) is 27.8 Å². The molecule has 0 saturated carbocycles. The molecule has 0 aromatic heterocycles. The Labute approximate surface area is 382 Å². The second-order valence-corrected chi connectivity index (χ2v) is 15.0. The summed E-state index contributed by atoms with van der Waals surface area (Å²) >= 11 is 0. The number of hydrogen-bond acceptors (Lipinski definition) is 16. The standard InChI is InChI=1S/C16H21N3O5.C14H19N3O4.C14H17N3O4/c1-9(20)24-13-7-10(18-19-17)5-6-11-12(13)8-14(21-2)16(23-4)15(11)22-3;2*1-19-12-7-10-9(13(20-2)14(12)21-3)5-4-8(16-17-15)6-11(10)18/h8,10,13H,5-7H2,1-4H3;7-8,11,18H,4-6H2,1-3H3;7-8H,4-6H2,1-3H3. The molecule has 0 spiro atoms. The number of nitrogens with zero attached hydrogens (tertiary/aromatic N) is 9. The fraction of sp³-hybridized carbons (Fsp3) is 0.545. The van der Waals surface area contributed by atoms with Crippen molar-refractivity contribution < 1.29 is 62.1 Å². The number of benzene rings is 3. The van der Waals surface area contributed by atoms with Crippen molar-refractivity contribution in [2.45, 2.75) is 95.0 Å². The van der Waals surface area contributed by atoms with Crippen LogP contribution < -0.4 is 42.6 Å². The smallest absolute Gasteiger partial charge is 0.303 e. The van der Waals surface area contributed by atoms with E-state index in [1.54, 1.807) is 39.5 Å². The molecule has 0 radical (unpaired) electrons. The van der Waals surface area contributed by atoms with Crippen LogP contribution in [-0.4, -0.2) is 99.0 Å². The molecule has 5 unspecified atom stereocenters. The molecule has 0 heterocycles. The number of Topliss-reactive ketones (excluding diaryl/α,β-unsaturated/α-hetero) is 1. The first-order chi connectivity index (χ1) is 31.9. The molecule has 0 amide bonds. The maximum Gasteiger partial charge on any atom is 0.303 e. The number of rotatable bonds is 13. The molecule has 1 N–H and O–H groups in total. The van der Waals surface area contributed by atoms with Crippen molar-refractivity contribution in [1.29, 1.82) is 0 Å². The molecular formula is C44H57N9O13. The van der Waals surface area contributed by atoms with Gasteiger partial charge >= 0.3 is 5.97 Å². The fourth-order valence-electron chi connectivity index (χ4n) is 8.48. The van der Waals surface area contributed by atoms with Crippen LogP contribution in [0, 0.1) is 0 Å². The van der Waals surface area contributed by atoms with Crippen molar-refractivity contribution in [3.63, 3.8) is 0 Å². The Morgan fingerprint density at radius 2 is 0.955 bits per heavy atom. The fourth-order valence-corrected chi connectivity index (χ4v) is 8.48. The van der Waals surface area contributed by atoms with Gasteiger partial charge in [-0.15, -0.1) is 0 Å². The van der Waals surface area contributed by atoms with Gasteiger partial charge in [-0.1, -0.05) is 15.3 Å². The van der Waals surface area contributed by atoms with Crippen molar-refractivity contribution >= 4 is 11.8 Å². The first-order valence-electron chi connectivity index (χ1n) is 20.8. The van der Waals surface area contributed by atoms with Crippen LogP contribution in [0.3, 0.4) is 0 Å². The minimum Gasteiger partial charge on any atom is -0.493 e. The molecular weight excluding hydrogens is 863 g/mol. The Morgan fingerprint density at radius 1 is 0.561 bits per heavy atom. The second-order valence-electron chi connectivity index (χ2n) is 15.0. The lowest BCUT2D eigenvalue weighted by molar-refractivity contribution is -0.147. The van der Waals surface area contributed by atoms with Crippen LogP contribution in [0.1, 0.15) is 95.8 Å². The summed E-state index contributed by atoms with van der Waals surface area (Å²) in [6.07, 6.45) is 3.42. The molecule has 0 aliphatic heterocycles. The molecule has 22 heteroatoms. The average molecular weight is 920 g/mol. The zero-order valence-corrected chi connectivity index (χ0v) is 38.9. The van der Waals surface area contributed by atoms with E-state index in [9.17, 15) is 14.7 Å². The molecule has 5 atom stereocenters. The molecule has 3 aliphatic rings. The molecule has 3 aromatic rings. The number of carbonyl (C=O) groups excluding carboxylic acids is 2. The summed E-state index contributed by atoms with van der Waals surface area (Å²) in [7, 11) is 13.8. The van der Waals surface area contributed by atoms with E-state index >= 15 is 0 Å². The van der Waals surface area contributed by atoms with Crippen molar-refractivity contribution in [2.24, 2.45) is 15.3 Å². The van der Waals surface area contributed by atoms with E-state index in [2.05, 4.69) is 30.1 Å². The van der Waals surface area contributed by atoms with E-state index in [1.807, 2.05) is 0 Å². The van der Waals surface area contributed by atoms with Gasteiger partial charge in [0.25, 0.3) is 0 Å². The number of aliphatic hydroxyl groups is 1. The maximum absolute atomic E-state index is 12.4. The molecule has 0 fully saturated rings. The number of fused-ring (bicyclic) bond motifs is 3. The predicted molar refractivity (Wildman–Crippen MR) is 240 cm³/mol. The number of azide groups is 3. The van der Waals surface area contributed by atoms with Crippen LogP contribution in [0.25, 0.3) is 31.3 Å². The van der Waals surface area contributed by atoms with Gasteiger partial charge < -0.3 is 52.5 Å². The first kappa shape index (κ1) is 51.5. The summed E-state index contributed by atoms with van der Waals surface area (Å²) in [5.41, 5.74) is 30.5. The van der Waals surface area contributed by atoms with Crippen molar-refractivity contribution in [1.82, 2.24) is 0 Å². The maximum atomic E-state index is 12.4. The topological polar surface area (TPSA) is 293 Å². The van der Waals surface area contributed by atoms with Gasteiger partial charge in [0.05, 0.1) is 70.1 Å². The molecule has 0 saturated heterocycles. The highest BCUT2D eigenvalue weighted by Gasteiger charge is 2.33. The summed E-state index contributed by atoms with van der Waals surface area (Å²) in [4.78, 5) is 32.4. The third-order valence-electron chi connectivity index (χ3n) is 11.4. The van der Waals surface area contributed by atoms with Gasteiger partial charge in [-0.2, -0.15) is 0 Å². The quantitative estimate of drug-likeness (QED) is 0.0551. The van der Waals surface area contributed by atoms with Crippen molar-refractivity contribution in [2.75, 3.05) is 64.0 Å². The molecule has 3 aliphatic carbocycles. The van der Waals surface area contributed by atoms with Gasteiger partial charge in [0.15, 0.2) is 40.3 Å². The van der Waals surface area contributed by atoms with Crippen LogP contribution in [-0.2, 0) is 28.8 Å². The van der Waals surface area contributed by atoms with Crippen LogP contribution in [0.15, 0.2) is 33.5 Å². The molecule has 0 bridgehead atoms. The van der Waals surface area contributed by atoms with Crippen LogP contribution in [0.4, 0.5) is 0 Å². The third kappa shape index (κ3) is 11.8. The third-order valence-corrected chi connectivity index (χ3v) is 11.4. The van der Waals surface area contributed by atoms with E-state index < -0.39 is 18.2 Å². The Hall–Kier alpha value is -7.11. The molecule has 22 nitrogen and oxygen atoms in total. The number of ketones is 1. The number of hydrogen-bond donors (Lipinski definition) is 1. The minimum absolute atomic E-state index is 0.0841. The number of esters is 1. The predicted octanol–water partition coefficient (Wildman–Crippen LogP) is 9.00. The highest BCUT2D eigenvalue weighted by Crippen LogP contribution is 2.49. The van der Waals surface area contributed by atoms with Gasteiger partial charge in [0, 0.05) is 74.0 Å². The monoisotopic (exact) mass is 919 g/mol. The van der Waals surface area contributed by atoms with Gasteiger partial charge in [-0.25, -0.2) is 0 Å². The lowest BCUT2D eigenvalue weighted by Crippen LogP contribution is -2.14. The molecule has 356 valence electrons. The minimum atomic E-state index is -0.730. The lowest BCUT2D eigenvalue weighted by Gasteiger charge is -2.22. The second kappa shape index (κ2) is 24.8. The summed E-state index contributed by atoms with van der Waals surface area (Å²) < 4.78 is 54.0. The average Bonchev–Trinajstić information content (AvgIpc) is 3.66. The zero-order valence-electron chi connectivity index (χ0n) is 38.9. The number of carbonyl (C=O) groups is 2. The van der Waals surface area contributed by atoms with E-state index in [0.29, 0.717) is 109 Å². The lowest BCUT2D eigenvalue weighted by atomic mass is 9.98. The zero-order chi connectivity index (χ0) is 48.5. The Morgan fingerprint density at radius 3 is 1.41 bits per heavy atom. The SMILES string of the molecule is COc1cc2c(c(OC)c1OC)CCC(N=[N+]=[N-])CC2=O.COc1cc2c(c(OC)c1OC)CCC(N=[N+]=[N-])CC2O.COc1cc2c(c(OC)c1OC)CCC(N=[N+]=[N-])CC2OC(C)=O. The Kier molecular flexibility index (Phi) is 19.4. The normalized spacial score (nSPS) is 19.1. The first-order valence-corrected chi connectivity index (χ1v) is 20.8. The van der Waals surface area contributed by atoms with E-state index in [4.69, 9.17) is 64.0 Å². The van der Waals surface area contributed by atoms with Crippen molar-refractivity contribution in [3.8, 4) is 51.7 Å². The van der Waals surface area contributed by atoms with Crippen molar-refractivity contribution in [3.05, 3.63) is 82.9 Å². The highest BCUT2D eigenvalue weighted by atomic mass is 16.6. The van der Waals surface area contributed by atoms with Crippen LogP contribution in [0.2, 0.25) is 0 Å².